The van der Waals surface area contributed by atoms with Gasteiger partial charge >= 0.3 is 0 Å². The van der Waals surface area contributed by atoms with E-state index in [1.54, 1.807) is 6.92 Å². The summed E-state index contributed by atoms with van der Waals surface area (Å²) in [4.78, 5) is 11.1. The summed E-state index contributed by atoms with van der Waals surface area (Å²) in [5.74, 6) is 0.264. The Morgan fingerprint density at radius 1 is 1.46 bits per heavy atom. The van der Waals surface area contributed by atoms with Gasteiger partial charge in [-0.1, -0.05) is 0 Å². The molecule has 0 saturated carbocycles. The fourth-order valence-corrected chi connectivity index (χ4v) is 1.94. The van der Waals surface area contributed by atoms with Gasteiger partial charge in [-0.2, -0.15) is 0 Å². The largest absolute Gasteiger partial charge is 0.353 e. The lowest BCUT2D eigenvalue weighted by atomic mass is 10.4. The first-order valence-corrected chi connectivity index (χ1v) is 5.80. The average molecular weight is 206 g/mol. The van der Waals surface area contributed by atoms with E-state index in [0.29, 0.717) is 5.75 Å². The molecule has 0 spiro atoms. The van der Waals surface area contributed by atoms with Crippen molar-refractivity contribution in [1.82, 2.24) is 5.32 Å². The van der Waals surface area contributed by atoms with E-state index < -0.39 is 10.8 Å². The van der Waals surface area contributed by atoms with Crippen molar-refractivity contribution in [2.45, 2.75) is 32.9 Å². The van der Waals surface area contributed by atoms with Crippen LogP contribution in [0.15, 0.2) is 0 Å². The predicted octanol–water partition coefficient (Wildman–Crippen LogP) is -0.393. The van der Waals surface area contributed by atoms with Gasteiger partial charge in [0.2, 0.25) is 5.91 Å². The van der Waals surface area contributed by atoms with Crippen LogP contribution in [0.2, 0.25) is 0 Å². The number of carbonyl (C=O) groups excluding carboxylic acids is 1. The minimum absolute atomic E-state index is 0.0553. The van der Waals surface area contributed by atoms with E-state index in [9.17, 15) is 9.00 Å². The van der Waals surface area contributed by atoms with Crippen molar-refractivity contribution in [3.05, 3.63) is 0 Å². The summed E-state index contributed by atoms with van der Waals surface area (Å²) in [5.41, 5.74) is 5.45. The zero-order chi connectivity index (χ0) is 10.4. The van der Waals surface area contributed by atoms with Crippen LogP contribution in [0.25, 0.3) is 0 Å². The third kappa shape index (κ3) is 7.93. The molecular formula is C8H18N2O2S. The van der Waals surface area contributed by atoms with Gasteiger partial charge in [0.25, 0.3) is 0 Å². The van der Waals surface area contributed by atoms with Gasteiger partial charge in [-0.05, 0) is 20.8 Å². The van der Waals surface area contributed by atoms with Gasteiger partial charge in [-0.25, -0.2) is 0 Å². The lowest BCUT2D eigenvalue weighted by molar-refractivity contribution is -0.119. The molecule has 5 heteroatoms. The number of hydrogen-bond donors (Lipinski definition) is 2. The predicted molar refractivity (Wildman–Crippen MR) is 54.8 cm³/mol. The van der Waals surface area contributed by atoms with Gasteiger partial charge in [0.1, 0.15) is 5.75 Å². The van der Waals surface area contributed by atoms with E-state index in [0.717, 1.165) is 0 Å². The summed E-state index contributed by atoms with van der Waals surface area (Å²) in [6.45, 7) is 5.51. The first-order valence-electron chi connectivity index (χ1n) is 4.31. The second kappa shape index (κ2) is 6.10. The molecule has 2 unspecified atom stereocenters. The highest BCUT2D eigenvalue weighted by Gasteiger charge is 2.09. The molecule has 4 nitrogen and oxygen atoms in total. The Kier molecular flexibility index (Phi) is 5.90. The second-order valence-corrected chi connectivity index (χ2v) is 4.95. The van der Waals surface area contributed by atoms with Crippen LogP contribution < -0.4 is 11.1 Å². The highest BCUT2D eigenvalue weighted by Crippen LogP contribution is 1.87. The van der Waals surface area contributed by atoms with Gasteiger partial charge in [0, 0.05) is 28.6 Å². The molecule has 0 radical (unpaired) electrons. The van der Waals surface area contributed by atoms with E-state index in [1.165, 1.54) is 0 Å². The number of amides is 1. The molecular weight excluding hydrogens is 188 g/mol. The normalized spacial score (nSPS) is 15.5. The van der Waals surface area contributed by atoms with E-state index in [4.69, 9.17) is 5.73 Å². The van der Waals surface area contributed by atoms with E-state index in [2.05, 4.69) is 5.32 Å². The monoisotopic (exact) mass is 206 g/mol. The summed E-state index contributed by atoms with van der Waals surface area (Å²) in [5, 5.41) is 2.67. The highest BCUT2D eigenvalue weighted by molar-refractivity contribution is 7.85. The quantitative estimate of drug-likeness (QED) is 0.643. The maximum atomic E-state index is 11.2. The molecule has 0 aromatic heterocycles. The summed E-state index contributed by atoms with van der Waals surface area (Å²) in [7, 11) is -1.13. The molecule has 0 saturated heterocycles. The summed E-state index contributed by atoms with van der Waals surface area (Å²) >= 11 is 0. The molecule has 0 rings (SSSR count). The number of carbonyl (C=O) groups is 1. The Bertz CT molecular complexity index is 173. The average Bonchev–Trinajstić information content (AvgIpc) is 1.80. The number of rotatable bonds is 5. The van der Waals surface area contributed by atoms with Crippen molar-refractivity contribution in [2.24, 2.45) is 5.73 Å². The smallest absolute Gasteiger partial charge is 0.232 e. The lowest BCUT2D eigenvalue weighted by Gasteiger charge is -2.08. The van der Waals surface area contributed by atoms with Crippen LogP contribution >= 0.6 is 0 Å². The maximum absolute atomic E-state index is 11.2. The van der Waals surface area contributed by atoms with Gasteiger partial charge < -0.3 is 11.1 Å². The van der Waals surface area contributed by atoms with Crippen molar-refractivity contribution >= 4 is 16.7 Å². The zero-order valence-corrected chi connectivity index (χ0v) is 9.19. The van der Waals surface area contributed by atoms with Gasteiger partial charge in [0.15, 0.2) is 0 Å². The molecule has 0 aromatic carbocycles. The van der Waals surface area contributed by atoms with Crippen LogP contribution in [0.4, 0.5) is 0 Å². The van der Waals surface area contributed by atoms with Crippen molar-refractivity contribution in [3.63, 3.8) is 0 Å². The third-order valence-corrected chi connectivity index (χ3v) is 2.67. The molecule has 1 amide bonds. The van der Waals surface area contributed by atoms with Crippen molar-refractivity contribution in [2.75, 3.05) is 11.5 Å². The van der Waals surface area contributed by atoms with Gasteiger partial charge in [-0.3, -0.25) is 9.00 Å². The SMILES string of the molecule is CC(N)CS(=O)CC(=O)NC(C)C. The van der Waals surface area contributed by atoms with E-state index in [1.807, 2.05) is 13.8 Å². The molecule has 0 heterocycles. The van der Waals surface area contributed by atoms with Crippen LogP contribution in [0.3, 0.4) is 0 Å². The molecule has 0 aliphatic carbocycles. The Morgan fingerprint density at radius 2 is 2.00 bits per heavy atom. The minimum Gasteiger partial charge on any atom is -0.353 e. The Hall–Kier alpha value is -0.420. The Labute approximate surface area is 81.7 Å². The van der Waals surface area contributed by atoms with Crippen molar-refractivity contribution < 1.29 is 9.00 Å². The number of nitrogens with one attached hydrogen (secondary N) is 1. The molecule has 0 fully saturated rings. The topological polar surface area (TPSA) is 72.2 Å². The first kappa shape index (κ1) is 12.6. The standard InChI is InChI=1S/C8H18N2O2S/c1-6(2)10-8(11)5-13(12)4-7(3)9/h6-7H,4-5,9H2,1-3H3,(H,10,11). The molecule has 0 aliphatic heterocycles. The zero-order valence-electron chi connectivity index (χ0n) is 8.37. The number of hydrogen-bond acceptors (Lipinski definition) is 3. The molecule has 78 valence electrons. The molecule has 3 N–H and O–H groups in total. The fourth-order valence-electron chi connectivity index (χ4n) is 0.862. The molecule has 0 aromatic rings. The molecule has 13 heavy (non-hydrogen) atoms. The maximum Gasteiger partial charge on any atom is 0.232 e. The third-order valence-electron chi connectivity index (χ3n) is 1.19. The Morgan fingerprint density at radius 3 is 2.38 bits per heavy atom. The lowest BCUT2D eigenvalue weighted by Crippen LogP contribution is -2.35. The second-order valence-electron chi connectivity index (χ2n) is 3.45. The summed E-state index contributed by atoms with van der Waals surface area (Å²) in [6, 6.07) is -0.0208. The minimum atomic E-state index is -1.13. The van der Waals surface area contributed by atoms with Crippen LogP contribution in [0.1, 0.15) is 20.8 Å². The van der Waals surface area contributed by atoms with Crippen LogP contribution in [0, 0.1) is 0 Å². The highest BCUT2D eigenvalue weighted by atomic mass is 32.2. The van der Waals surface area contributed by atoms with Crippen LogP contribution in [-0.2, 0) is 15.6 Å². The molecule has 2 atom stereocenters. The van der Waals surface area contributed by atoms with E-state index >= 15 is 0 Å². The van der Waals surface area contributed by atoms with Crippen molar-refractivity contribution in [3.8, 4) is 0 Å². The summed E-state index contributed by atoms with van der Waals surface area (Å²) < 4.78 is 11.2. The summed E-state index contributed by atoms with van der Waals surface area (Å²) in [6.07, 6.45) is 0. The first-order chi connectivity index (χ1) is 5.91. The fraction of sp³-hybridized carbons (Fsp3) is 0.875. The van der Waals surface area contributed by atoms with Gasteiger partial charge in [0.05, 0.1) is 0 Å². The van der Waals surface area contributed by atoms with Crippen LogP contribution in [-0.4, -0.2) is 33.7 Å². The molecule has 0 bridgehead atoms. The Balaban J connectivity index is 3.72. The molecule has 0 aliphatic rings. The van der Waals surface area contributed by atoms with Crippen LogP contribution in [0.5, 0.6) is 0 Å². The van der Waals surface area contributed by atoms with E-state index in [-0.39, 0.29) is 23.7 Å². The van der Waals surface area contributed by atoms with Crippen molar-refractivity contribution in [1.29, 1.82) is 0 Å². The van der Waals surface area contributed by atoms with Gasteiger partial charge in [-0.15, -0.1) is 0 Å². The number of nitrogens with two attached hydrogens (primary N) is 1.